The molecular weight excluding hydrogens is 207 g/mol. The van der Waals surface area contributed by atoms with Crippen molar-refractivity contribution < 1.29 is 28.4 Å². The summed E-state index contributed by atoms with van der Waals surface area (Å²) in [5.74, 6) is 0. The van der Waals surface area contributed by atoms with Gasteiger partial charge in [0.1, 0.15) is 24.4 Å². The van der Waals surface area contributed by atoms with Crippen LogP contribution in [-0.4, -0.2) is 63.8 Å². The van der Waals surface area contributed by atoms with Gasteiger partial charge in [-0.05, 0) is 0 Å². The van der Waals surface area contributed by atoms with Crippen LogP contribution in [0, 0.1) is 0 Å². The van der Waals surface area contributed by atoms with Gasteiger partial charge in [-0.3, -0.25) is 0 Å². The molecule has 0 aromatic carbocycles. The lowest BCUT2D eigenvalue weighted by atomic mass is 9.99. The van der Waals surface area contributed by atoms with E-state index in [4.69, 9.17) is 24.1 Å². The van der Waals surface area contributed by atoms with Gasteiger partial charge in [-0.25, -0.2) is 4.39 Å². The minimum absolute atomic E-state index is 0.324. The smallest absolute Gasteiger partial charge is 0.228 e. The van der Waals surface area contributed by atoms with E-state index in [0.29, 0.717) is 0 Å². The van der Waals surface area contributed by atoms with E-state index in [-0.39, 0.29) is 6.61 Å². The first kappa shape index (κ1) is 12.8. The van der Waals surface area contributed by atoms with Gasteiger partial charge in [0, 0.05) is 21.3 Å². The van der Waals surface area contributed by atoms with Crippen LogP contribution in [0.1, 0.15) is 0 Å². The third-order valence-electron chi connectivity index (χ3n) is 2.57. The standard InChI is InChI=1S/C9H17FO5/c1-12-6-5(4-11)15-9(10)8(14-3)7(6)13-2/h5-9,11H,4H2,1-3H3/t5-,6-,7+,8+,9+/m1/s1. The summed E-state index contributed by atoms with van der Waals surface area (Å²) < 4.78 is 33.6. The summed E-state index contributed by atoms with van der Waals surface area (Å²) in [7, 11) is 4.27. The zero-order valence-electron chi connectivity index (χ0n) is 9.05. The highest BCUT2D eigenvalue weighted by Gasteiger charge is 2.47. The summed E-state index contributed by atoms with van der Waals surface area (Å²) in [6.07, 6.45) is -4.34. The molecule has 6 heteroatoms. The molecule has 0 bridgehead atoms. The summed E-state index contributed by atoms with van der Waals surface area (Å²) in [6, 6.07) is 0. The molecule has 1 N–H and O–H groups in total. The molecule has 0 aliphatic carbocycles. The maximum atomic E-state index is 13.4. The van der Waals surface area contributed by atoms with Crippen LogP contribution in [0.2, 0.25) is 0 Å². The minimum atomic E-state index is -1.62. The number of hydrogen-bond acceptors (Lipinski definition) is 5. The van der Waals surface area contributed by atoms with Crippen LogP contribution < -0.4 is 0 Å². The monoisotopic (exact) mass is 224 g/mol. The maximum absolute atomic E-state index is 13.4. The van der Waals surface area contributed by atoms with Gasteiger partial charge in [0.05, 0.1) is 6.61 Å². The fraction of sp³-hybridized carbons (Fsp3) is 1.00. The molecule has 90 valence electrons. The van der Waals surface area contributed by atoms with Crippen molar-refractivity contribution in [3.8, 4) is 0 Å². The molecule has 1 fully saturated rings. The zero-order valence-corrected chi connectivity index (χ0v) is 9.05. The Morgan fingerprint density at radius 3 is 2.00 bits per heavy atom. The predicted molar refractivity (Wildman–Crippen MR) is 49.2 cm³/mol. The van der Waals surface area contributed by atoms with Crippen molar-refractivity contribution in [2.75, 3.05) is 27.9 Å². The molecule has 15 heavy (non-hydrogen) atoms. The Labute approximate surface area is 88.1 Å². The highest BCUT2D eigenvalue weighted by Crippen LogP contribution is 2.27. The lowest BCUT2D eigenvalue weighted by molar-refractivity contribution is -0.278. The van der Waals surface area contributed by atoms with E-state index < -0.39 is 30.8 Å². The van der Waals surface area contributed by atoms with Crippen LogP contribution >= 0.6 is 0 Å². The molecule has 1 aliphatic rings. The highest BCUT2D eigenvalue weighted by atomic mass is 19.1. The molecule has 1 heterocycles. The molecular formula is C9H17FO5. The van der Waals surface area contributed by atoms with Gasteiger partial charge >= 0.3 is 0 Å². The molecule has 5 nitrogen and oxygen atoms in total. The molecule has 0 aromatic heterocycles. The maximum Gasteiger partial charge on any atom is 0.228 e. The number of aliphatic hydroxyl groups excluding tert-OH is 1. The first-order valence-electron chi connectivity index (χ1n) is 4.68. The van der Waals surface area contributed by atoms with Crippen molar-refractivity contribution in [1.82, 2.24) is 0 Å². The second kappa shape index (κ2) is 5.72. The summed E-state index contributed by atoms with van der Waals surface area (Å²) >= 11 is 0. The molecule has 1 rings (SSSR count). The highest BCUT2D eigenvalue weighted by molar-refractivity contribution is 4.91. The Balaban J connectivity index is 2.80. The van der Waals surface area contributed by atoms with E-state index >= 15 is 0 Å². The van der Waals surface area contributed by atoms with Gasteiger partial charge < -0.3 is 24.1 Å². The average molecular weight is 224 g/mol. The number of ether oxygens (including phenoxy) is 4. The minimum Gasteiger partial charge on any atom is -0.394 e. The van der Waals surface area contributed by atoms with E-state index in [2.05, 4.69) is 0 Å². The van der Waals surface area contributed by atoms with Gasteiger partial charge in [0.15, 0.2) is 0 Å². The van der Waals surface area contributed by atoms with Gasteiger partial charge in [-0.2, -0.15) is 0 Å². The Bertz CT molecular complexity index is 191. The van der Waals surface area contributed by atoms with Gasteiger partial charge in [0.2, 0.25) is 6.36 Å². The van der Waals surface area contributed by atoms with Gasteiger partial charge in [0.25, 0.3) is 0 Å². The number of methoxy groups -OCH3 is 3. The van der Waals surface area contributed by atoms with Gasteiger partial charge in [-0.1, -0.05) is 0 Å². The lowest BCUT2D eigenvalue weighted by Gasteiger charge is -2.41. The van der Waals surface area contributed by atoms with Crippen LogP contribution in [0.25, 0.3) is 0 Å². The first-order chi connectivity index (χ1) is 7.19. The Morgan fingerprint density at radius 1 is 1.07 bits per heavy atom. The third kappa shape index (κ3) is 2.46. The van der Waals surface area contributed by atoms with E-state index in [1.54, 1.807) is 0 Å². The zero-order chi connectivity index (χ0) is 11.4. The average Bonchev–Trinajstić information content (AvgIpc) is 2.27. The quantitative estimate of drug-likeness (QED) is 0.711. The molecule has 0 spiro atoms. The molecule has 0 aromatic rings. The molecule has 5 atom stereocenters. The van der Waals surface area contributed by atoms with Crippen molar-refractivity contribution >= 4 is 0 Å². The van der Waals surface area contributed by atoms with E-state index in [1.807, 2.05) is 0 Å². The van der Waals surface area contributed by atoms with E-state index in [1.165, 1.54) is 21.3 Å². The second-order valence-corrected chi connectivity index (χ2v) is 3.31. The van der Waals surface area contributed by atoms with Crippen LogP contribution in [0.3, 0.4) is 0 Å². The molecule has 0 radical (unpaired) electrons. The summed E-state index contributed by atoms with van der Waals surface area (Å²) in [5, 5.41) is 9.01. The van der Waals surface area contributed by atoms with Crippen LogP contribution in [0.15, 0.2) is 0 Å². The Kier molecular flexibility index (Phi) is 4.88. The normalized spacial score (nSPS) is 41.8. The topological polar surface area (TPSA) is 57.2 Å². The van der Waals surface area contributed by atoms with Crippen LogP contribution in [0.4, 0.5) is 4.39 Å². The number of hydrogen-bond donors (Lipinski definition) is 1. The van der Waals surface area contributed by atoms with E-state index in [0.717, 1.165) is 0 Å². The first-order valence-corrected chi connectivity index (χ1v) is 4.68. The second-order valence-electron chi connectivity index (χ2n) is 3.31. The van der Waals surface area contributed by atoms with Crippen molar-refractivity contribution in [2.45, 2.75) is 30.8 Å². The van der Waals surface area contributed by atoms with Crippen LogP contribution in [0.5, 0.6) is 0 Å². The summed E-state index contributed by atoms with van der Waals surface area (Å²) in [6.45, 7) is -0.324. The SMILES string of the molecule is CO[C@@H]1[C@H](OC)[C@@H](F)O[C@H](CO)[C@H]1OC. The Hall–Kier alpha value is -0.270. The number of halogens is 1. The number of alkyl halides is 1. The van der Waals surface area contributed by atoms with Crippen molar-refractivity contribution in [3.63, 3.8) is 0 Å². The fourth-order valence-electron chi connectivity index (χ4n) is 1.81. The van der Waals surface area contributed by atoms with E-state index in [9.17, 15) is 4.39 Å². The largest absolute Gasteiger partial charge is 0.394 e. The third-order valence-corrected chi connectivity index (χ3v) is 2.57. The lowest BCUT2D eigenvalue weighted by Crippen LogP contribution is -2.59. The van der Waals surface area contributed by atoms with Crippen molar-refractivity contribution in [3.05, 3.63) is 0 Å². The van der Waals surface area contributed by atoms with Crippen LogP contribution in [-0.2, 0) is 18.9 Å². The van der Waals surface area contributed by atoms with Gasteiger partial charge in [-0.15, -0.1) is 0 Å². The summed E-state index contributed by atoms with van der Waals surface area (Å²) in [5.41, 5.74) is 0. The molecule has 0 amide bonds. The molecule has 1 aliphatic heterocycles. The Morgan fingerprint density at radius 2 is 1.60 bits per heavy atom. The summed E-state index contributed by atoms with van der Waals surface area (Å²) in [4.78, 5) is 0. The molecule has 1 saturated heterocycles. The molecule has 0 saturated carbocycles. The number of rotatable bonds is 4. The predicted octanol–water partition coefficient (Wildman–Crippen LogP) is -0.282. The van der Waals surface area contributed by atoms with Crippen molar-refractivity contribution in [1.29, 1.82) is 0 Å². The number of aliphatic hydroxyl groups is 1. The molecule has 0 unspecified atom stereocenters. The fourth-order valence-corrected chi connectivity index (χ4v) is 1.81. The van der Waals surface area contributed by atoms with Crippen molar-refractivity contribution in [2.24, 2.45) is 0 Å².